The summed E-state index contributed by atoms with van der Waals surface area (Å²) in [5.41, 5.74) is -1.56. The van der Waals surface area contributed by atoms with Crippen LogP contribution in [-0.4, -0.2) is 172 Å². The second-order valence-electron chi connectivity index (χ2n) is 13.1. The van der Waals surface area contributed by atoms with Crippen LogP contribution in [0.25, 0.3) is 22.3 Å². The van der Waals surface area contributed by atoms with Crippen molar-refractivity contribution < 1.29 is 99.2 Å². The van der Waals surface area contributed by atoms with Gasteiger partial charge in [0.25, 0.3) is 0 Å². The van der Waals surface area contributed by atoms with Crippen LogP contribution < -0.4 is 10.2 Å². The molecule has 0 bridgehead atoms. The second-order valence-corrected chi connectivity index (χ2v) is 13.1. The Hall–Kier alpha value is -3.91. The molecule has 1 unspecified atom stereocenters. The fourth-order valence-corrected chi connectivity index (χ4v) is 6.33. The Morgan fingerprint density at radius 2 is 1.31 bits per heavy atom. The Bertz CT molecular complexity index is 1850. The van der Waals surface area contributed by atoms with Gasteiger partial charge in [0.1, 0.15) is 89.6 Å². The summed E-state index contributed by atoms with van der Waals surface area (Å²) in [6.07, 6.45) is -26.5. The molecule has 0 saturated carbocycles. The Balaban J connectivity index is 1.37. The lowest BCUT2D eigenvalue weighted by Gasteiger charge is -2.46. The first-order chi connectivity index (χ1) is 25.5. The molecule has 2 aromatic carbocycles. The minimum Gasteiger partial charge on any atom is -0.508 e. The van der Waals surface area contributed by atoms with Crippen molar-refractivity contribution in [3.05, 3.63) is 40.6 Å². The third-order valence-electron chi connectivity index (χ3n) is 9.40. The average Bonchev–Trinajstić information content (AvgIpc) is 3.13. The van der Waals surface area contributed by atoms with E-state index in [4.69, 9.17) is 32.8 Å². The van der Waals surface area contributed by atoms with E-state index in [9.17, 15) is 71.2 Å². The van der Waals surface area contributed by atoms with Crippen molar-refractivity contribution in [2.45, 2.75) is 99.0 Å². The maximum atomic E-state index is 13.9. The molecule has 3 aliphatic rings. The van der Waals surface area contributed by atoms with E-state index >= 15 is 0 Å². The molecule has 21 nitrogen and oxygen atoms in total. The zero-order chi connectivity index (χ0) is 39.3. The zero-order valence-electron chi connectivity index (χ0n) is 28.0. The van der Waals surface area contributed by atoms with Crippen LogP contribution in [0.5, 0.6) is 28.7 Å². The Kier molecular flexibility index (Phi) is 11.5. The number of benzene rings is 2. The first-order valence-electron chi connectivity index (χ1n) is 16.5. The number of aromatic hydroxyl groups is 4. The molecule has 0 spiro atoms. The van der Waals surface area contributed by atoms with Gasteiger partial charge in [0.05, 0.1) is 19.3 Å². The third-order valence-corrected chi connectivity index (χ3v) is 9.40. The first kappa shape index (κ1) is 39.8. The summed E-state index contributed by atoms with van der Waals surface area (Å²) in [7, 11) is 0. The van der Waals surface area contributed by atoms with E-state index in [1.807, 2.05) is 0 Å². The van der Waals surface area contributed by atoms with Gasteiger partial charge in [0, 0.05) is 17.7 Å². The van der Waals surface area contributed by atoms with E-state index < -0.39 is 151 Å². The van der Waals surface area contributed by atoms with Crippen molar-refractivity contribution in [3.63, 3.8) is 0 Å². The molecule has 298 valence electrons. The maximum Gasteiger partial charge on any atom is 0.239 e. The highest BCUT2D eigenvalue weighted by Crippen LogP contribution is 2.40. The minimum atomic E-state index is -2.16. The van der Waals surface area contributed by atoms with E-state index in [0.29, 0.717) is 0 Å². The normalized spacial score (nSPS) is 37.3. The summed E-state index contributed by atoms with van der Waals surface area (Å²) in [6.45, 7) is -0.219. The molecule has 0 amide bonds. The molecule has 0 aliphatic carbocycles. The van der Waals surface area contributed by atoms with E-state index in [-0.39, 0.29) is 11.1 Å². The molecule has 4 heterocycles. The van der Waals surface area contributed by atoms with Gasteiger partial charge in [-0.1, -0.05) is 0 Å². The quantitative estimate of drug-likeness (QED) is 0.0925. The molecule has 1 aromatic heterocycles. The highest BCUT2D eigenvalue weighted by molar-refractivity contribution is 5.88. The van der Waals surface area contributed by atoms with Crippen LogP contribution in [0.1, 0.15) is 6.92 Å². The number of ether oxygens (including phenoxy) is 6. The lowest BCUT2D eigenvalue weighted by atomic mass is 9.96. The maximum absolute atomic E-state index is 13.9. The van der Waals surface area contributed by atoms with Crippen molar-refractivity contribution in [1.29, 1.82) is 0 Å². The van der Waals surface area contributed by atoms with E-state index in [2.05, 4.69) is 0 Å². The SMILES string of the molecule is C[C@@H]1OC(OC[C@H]2O[C@@H](Oc3c(-c4ccc(O)c(O)c4)oc4cc(O)cc(O)c4c3=O)[C@H](O)[C@@H](O)[C@@H]2O[C@@H]2O[C@@H](CO)[C@H](O)[C@@H](O)[C@@H]2O)[C@H](O)[C@H](O)[C@H]1O. The predicted octanol–water partition coefficient (Wildman–Crippen LogP) is -3.86. The number of hydrogen-bond donors (Lipinski definition) is 13. The topological polar surface area (TPSA) is 349 Å². The van der Waals surface area contributed by atoms with Gasteiger partial charge in [-0.15, -0.1) is 0 Å². The molecule has 6 rings (SSSR count). The van der Waals surface area contributed by atoms with E-state index in [1.165, 1.54) is 13.0 Å². The molecule has 54 heavy (non-hydrogen) atoms. The smallest absolute Gasteiger partial charge is 0.239 e. The third kappa shape index (κ3) is 7.39. The predicted molar refractivity (Wildman–Crippen MR) is 173 cm³/mol. The molecule has 3 saturated heterocycles. The molecule has 3 fully saturated rings. The van der Waals surface area contributed by atoms with Crippen molar-refractivity contribution in [2.24, 2.45) is 0 Å². The van der Waals surface area contributed by atoms with Crippen LogP contribution in [0.15, 0.2) is 39.5 Å². The number of aliphatic hydroxyl groups excluding tert-OH is 9. The van der Waals surface area contributed by atoms with Crippen LogP contribution in [0.4, 0.5) is 0 Å². The van der Waals surface area contributed by atoms with Crippen molar-refractivity contribution in [3.8, 4) is 40.1 Å². The summed E-state index contributed by atoms with van der Waals surface area (Å²) in [5, 5.41) is 134. The fraction of sp³-hybridized carbons (Fsp3) is 0.545. The van der Waals surface area contributed by atoms with Gasteiger partial charge < -0.3 is 99.2 Å². The molecular formula is C33H40O21. The Morgan fingerprint density at radius 1 is 0.667 bits per heavy atom. The zero-order valence-corrected chi connectivity index (χ0v) is 28.0. The number of phenolic OH excluding ortho intramolecular Hbond substituents is 4. The van der Waals surface area contributed by atoms with Crippen LogP contribution >= 0.6 is 0 Å². The summed E-state index contributed by atoms with van der Waals surface area (Å²) in [6, 6.07) is 5.04. The number of hydrogen-bond acceptors (Lipinski definition) is 21. The summed E-state index contributed by atoms with van der Waals surface area (Å²) in [5.74, 6) is -3.72. The van der Waals surface area contributed by atoms with Crippen molar-refractivity contribution in [1.82, 2.24) is 0 Å². The van der Waals surface area contributed by atoms with Gasteiger partial charge in [-0.2, -0.15) is 0 Å². The van der Waals surface area contributed by atoms with Gasteiger partial charge >= 0.3 is 0 Å². The number of phenols is 4. The summed E-state index contributed by atoms with van der Waals surface area (Å²) < 4.78 is 39.8. The van der Waals surface area contributed by atoms with Crippen LogP contribution in [0.2, 0.25) is 0 Å². The summed E-state index contributed by atoms with van der Waals surface area (Å²) in [4.78, 5) is 13.9. The number of rotatable bonds is 9. The monoisotopic (exact) mass is 772 g/mol. The van der Waals surface area contributed by atoms with Gasteiger partial charge in [-0.25, -0.2) is 0 Å². The molecule has 21 heteroatoms. The van der Waals surface area contributed by atoms with Gasteiger partial charge in [-0.3, -0.25) is 4.79 Å². The second kappa shape index (κ2) is 15.7. The molecule has 3 aliphatic heterocycles. The highest BCUT2D eigenvalue weighted by Gasteiger charge is 2.52. The lowest BCUT2D eigenvalue weighted by Crippen LogP contribution is -2.65. The minimum absolute atomic E-state index is 0.102. The van der Waals surface area contributed by atoms with Crippen molar-refractivity contribution in [2.75, 3.05) is 13.2 Å². The molecular weight excluding hydrogens is 732 g/mol. The molecule has 0 radical (unpaired) electrons. The first-order valence-corrected chi connectivity index (χ1v) is 16.5. The lowest BCUT2D eigenvalue weighted by molar-refractivity contribution is -0.359. The molecule has 15 atom stereocenters. The van der Waals surface area contributed by atoms with Gasteiger partial charge in [0.15, 0.2) is 29.8 Å². The van der Waals surface area contributed by atoms with Gasteiger partial charge in [0.2, 0.25) is 17.5 Å². The van der Waals surface area contributed by atoms with Crippen LogP contribution in [0, 0.1) is 0 Å². The van der Waals surface area contributed by atoms with E-state index in [1.54, 1.807) is 0 Å². The average molecular weight is 773 g/mol. The Morgan fingerprint density at radius 3 is 2.00 bits per heavy atom. The highest BCUT2D eigenvalue weighted by atomic mass is 16.8. The van der Waals surface area contributed by atoms with Crippen LogP contribution in [-0.2, 0) is 23.7 Å². The molecule has 3 aromatic rings. The largest absolute Gasteiger partial charge is 0.508 e. The number of fused-ring (bicyclic) bond motifs is 1. The fourth-order valence-electron chi connectivity index (χ4n) is 6.33. The molecule has 13 N–H and O–H groups in total. The van der Waals surface area contributed by atoms with E-state index in [0.717, 1.165) is 24.3 Å². The van der Waals surface area contributed by atoms with Crippen LogP contribution in [0.3, 0.4) is 0 Å². The standard InChI is InChI=1S/C33H40O21/c1-9-19(39)22(42)25(45)31(49-9)48-8-17-29(53-32-26(46)23(43)20(40)16(7-34)51-32)24(44)27(47)33(52-17)54-30-21(41)18-14(38)5-11(35)6-15(18)50-28(30)10-2-3-12(36)13(37)4-10/h2-6,9,16-17,19-20,22-27,29,31-40,42-47H,7-8H2,1H3/t9-,16-,17+,19-,20-,22+,23+,24+,25+,26-,27+,29+,31?,32-,33-/m0/s1. The number of aliphatic hydroxyl groups is 9. The summed E-state index contributed by atoms with van der Waals surface area (Å²) >= 11 is 0. The van der Waals surface area contributed by atoms with Crippen molar-refractivity contribution >= 4 is 11.0 Å². The Labute approximate surface area is 303 Å². The van der Waals surface area contributed by atoms with Gasteiger partial charge in [-0.05, 0) is 25.1 Å².